The first-order valence-electron chi connectivity index (χ1n) is 12.8. The third-order valence-electron chi connectivity index (χ3n) is 6.22. The van der Waals surface area contributed by atoms with Crippen LogP contribution in [-0.2, 0) is 32.6 Å². The molecule has 2 amide bonds. The van der Waals surface area contributed by atoms with Crippen LogP contribution in [0.2, 0.25) is 0 Å². The third-order valence-corrected chi connectivity index (χ3v) is 8.08. The van der Waals surface area contributed by atoms with Gasteiger partial charge in [-0.2, -0.15) is 0 Å². The van der Waals surface area contributed by atoms with Crippen molar-refractivity contribution in [1.29, 1.82) is 0 Å². The predicted octanol–water partition coefficient (Wildman–Crippen LogP) is 4.78. The Labute approximate surface area is 245 Å². The molecule has 39 heavy (non-hydrogen) atoms. The van der Waals surface area contributed by atoms with E-state index in [1.807, 2.05) is 75.4 Å². The molecule has 3 aromatic rings. The van der Waals surface area contributed by atoms with Gasteiger partial charge in [0.05, 0.1) is 11.9 Å². The van der Waals surface area contributed by atoms with Crippen molar-refractivity contribution in [1.82, 2.24) is 10.2 Å². The highest BCUT2D eigenvalue weighted by Crippen LogP contribution is 2.21. The fourth-order valence-corrected chi connectivity index (χ4v) is 5.30. The fraction of sp³-hybridized carbons (Fsp3) is 0.333. The molecule has 0 saturated heterocycles. The molecule has 3 aromatic carbocycles. The summed E-state index contributed by atoms with van der Waals surface area (Å²) in [6.07, 6.45) is 1.38. The molecule has 0 bridgehead atoms. The summed E-state index contributed by atoms with van der Waals surface area (Å²) in [6.45, 7) is 6.20. The first-order valence-corrected chi connectivity index (χ1v) is 15.8. The standard InChI is InChI=1S/C30H36IN3O4S/c1-22(2)19-32-30(36)28(18-24-8-6-5-7-9-24)33(20-25-12-10-23(3)11-13-25)29(35)21-34(39(4,37)38)27-16-14-26(31)15-17-27/h5-17,22,28H,18-21H2,1-4H3,(H,32,36)/t28-/m1/s1. The number of carbonyl (C=O) groups is 2. The van der Waals surface area contributed by atoms with Gasteiger partial charge in [0.25, 0.3) is 0 Å². The Hall–Kier alpha value is -2.92. The van der Waals surface area contributed by atoms with Gasteiger partial charge in [0.15, 0.2) is 0 Å². The van der Waals surface area contributed by atoms with Crippen molar-refractivity contribution in [3.05, 3.63) is 99.1 Å². The monoisotopic (exact) mass is 661 g/mol. The van der Waals surface area contributed by atoms with Gasteiger partial charge in [0, 0.05) is 23.1 Å². The summed E-state index contributed by atoms with van der Waals surface area (Å²) < 4.78 is 27.7. The number of hydrogen-bond donors (Lipinski definition) is 1. The van der Waals surface area contributed by atoms with Crippen LogP contribution < -0.4 is 9.62 Å². The molecule has 1 N–H and O–H groups in total. The van der Waals surface area contributed by atoms with Crippen LogP contribution in [-0.4, -0.2) is 50.5 Å². The van der Waals surface area contributed by atoms with Crippen molar-refractivity contribution in [2.24, 2.45) is 5.92 Å². The molecule has 0 unspecified atom stereocenters. The van der Waals surface area contributed by atoms with Crippen LogP contribution in [0, 0.1) is 16.4 Å². The Morgan fingerprint density at radius 3 is 2.08 bits per heavy atom. The molecule has 0 radical (unpaired) electrons. The summed E-state index contributed by atoms with van der Waals surface area (Å²) >= 11 is 2.14. The second-order valence-electron chi connectivity index (χ2n) is 10.1. The van der Waals surface area contributed by atoms with Crippen LogP contribution in [0.25, 0.3) is 0 Å². The zero-order valence-electron chi connectivity index (χ0n) is 22.8. The Morgan fingerprint density at radius 1 is 0.897 bits per heavy atom. The molecule has 0 spiro atoms. The van der Waals surface area contributed by atoms with Crippen LogP contribution in [0.4, 0.5) is 5.69 Å². The van der Waals surface area contributed by atoms with E-state index in [4.69, 9.17) is 0 Å². The number of amides is 2. The molecular weight excluding hydrogens is 625 g/mol. The predicted molar refractivity (Wildman–Crippen MR) is 165 cm³/mol. The van der Waals surface area contributed by atoms with Crippen LogP contribution in [0.3, 0.4) is 0 Å². The van der Waals surface area contributed by atoms with Crippen LogP contribution in [0.15, 0.2) is 78.9 Å². The lowest BCUT2D eigenvalue weighted by Crippen LogP contribution is -2.53. The van der Waals surface area contributed by atoms with Crippen LogP contribution >= 0.6 is 22.6 Å². The van der Waals surface area contributed by atoms with Gasteiger partial charge in [0.2, 0.25) is 21.8 Å². The number of sulfonamides is 1. The molecule has 208 valence electrons. The third kappa shape index (κ3) is 9.35. The van der Waals surface area contributed by atoms with Crippen molar-refractivity contribution in [2.75, 3.05) is 23.7 Å². The van der Waals surface area contributed by atoms with E-state index in [0.29, 0.717) is 18.7 Å². The molecule has 9 heteroatoms. The normalized spacial score (nSPS) is 12.2. The van der Waals surface area contributed by atoms with E-state index < -0.39 is 28.5 Å². The van der Waals surface area contributed by atoms with Crippen molar-refractivity contribution in [2.45, 2.75) is 39.8 Å². The first-order chi connectivity index (χ1) is 18.4. The van der Waals surface area contributed by atoms with Gasteiger partial charge in [-0.3, -0.25) is 13.9 Å². The average molecular weight is 662 g/mol. The summed E-state index contributed by atoms with van der Waals surface area (Å²) in [5.74, 6) is -0.498. The number of rotatable bonds is 12. The summed E-state index contributed by atoms with van der Waals surface area (Å²) in [5.41, 5.74) is 3.23. The zero-order chi connectivity index (χ0) is 28.6. The Bertz CT molecular complexity index is 1350. The Balaban J connectivity index is 2.03. The molecule has 0 saturated carbocycles. The lowest BCUT2D eigenvalue weighted by molar-refractivity contribution is -0.140. The number of carbonyl (C=O) groups excluding carboxylic acids is 2. The quantitative estimate of drug-likeness (QED) is 0.284. The van der Waals surface area contributed by atoms with Gasteiger partial charge in [0.1, 0.15) is 12.6 Å². The fourth-order valence-electron chi connectivity index (χ4n) is 4.09. The van der Waals surface area contributed by atoms with Gasteiger partial charge in [-0.15, -0.1) is 0 Å². The topological polar surface area (TPSA) is 86.8 Å². The maximum absolute atomic E-state index is 14.0. The van der Waals surface area contributed by atoms with E-state index in [9.17, 15) is 18.0 Å². The number of hydrogen-bond acceptors (Lipinski definition) is 4. The average Bonchev–Trinajstić information content (AvgIpc) is 2.89. The maximum atomic E-state index is 14.0. The lowest BCUT2D eigenvalue weighted by Gasteiger charge is -2.33. The second kappa shape index (κ2) is 13.9. The van der Waals surface area contributed by atoms with Gasteiger partial charge >= 0.3 is 0 Å². The van der Waals surface area contributed by atoms with E-state index in [0.717, 1.165) is 30.8 Å². The second-order valence-corrected chi connectivity index (χ2v) is 13.3. The minimum absolute atomic E-state index is 0.163. The number of aryl methyl sites for hydroxylation is 1. The van der Waals surface area contributed by atoms with Crippen molar-refractivity contribution >= 4 is 50.1 Å². The zero-order valence-corrected chi connectivity index (χ0v) is 25.8. The molecule has 1 atom stereocenters. The van der Waals surface area contributed by atoms with E-state index in [2.05, 4.69) is 27.9 Å². The number of halogens is 1. The Morgan fingerprint density at radius 2 is 1.51 bits per heavy atom. The molecule has 7 nitrogen and oxygen atoms in total. The highest BCUT2D eigenvalue weighted by molar-refractivity contribution is 14.1. The molecule has 0 fully saturated rings. The highest BCUT2D eigenvalue weighted by Gasteiger charge is 2.33. The van der Waals surface area contributed by atoms with Crippen molar-refractivity contribution in [3.8, 4) is 0 Å². The van der Waals surface area contributed by atoms with Gasteiger partial charge in [-0.1, -0.05) is 74.0 Å². The number of nitrogens with zero attached hydrogens (tertiary/aromatic N) is 2. The molecule has 0 heterocycles. The van der Waals surface area contributed by atoms with Crippen molar-refractivity contribution in [3.63, 3.8) is 0 Å². The van der Waals surface area contributed by atoms with E-state index in [-0.39, 0.29) is 18.4 Å². The van der Waals surface area contributed by atoms with E-state index >= 15 is 0 Å². The smallest absolute Gasteiger partial charge is 0.244 e. The molecule has 0 aromatic heterocycles. The van der Waals surface area contributed by atoms with Gasteiger partial charge < -0.3 is 10.2 Å². The number of anilines is 1. The summed E-state index contributed by atoms with van der Waals surface area (Å²) in [6, 6.07) is 23.4. The molecule has 0 aliphatic carbocycles. The van der Waals surface area contributed by atoms with Crippen LogP contribution in [0.5, 0.6) is 0 Å². The van der Waals surface area contributed by atoms with Crippen molar-refractivity contribution < 1.29 is 18.0 Å². The number of benzene rings is 3. The lowest BCUT2D eigenvalue weighted by atomic mass is 10.0. The largest absolute Gasteiger partial charge is 0.354 e. The molecular formula is C30H36IN3O4S. The molecule has 3 rings (SSSR count). The summed E-state index contributed by atoms with van der Waals surface area (Å²) in [7, 11) is -3.78. The summed E-state index contributed by atoms with van der Waals surface area (Å²) in [4.78, 5) is 29.1. The summed E-state index contributed by atoms with van der Waals surface area (Å²) in [5, 5.41) is 2.99. The minimum Gasteiger partial charge on any atom is -0.354 e. The van der Waals surface area contributed by atoms with Gasteiger partial charge in [-0.25, -0.2) is 8.42 Å². The van der Waals surface area contributed by atoms with E-state index in [1.165, 1.54) is 4.90 Å². The van der Waals surface area contributed by atoms with Gasteiger partial charge in [-0.05, 0) is 70.8 Å². The molecule has 0 aliphatic rings. The maximum Gasteiger partial charge on any atom is 0.244 e. The highest BCUT2D eigenvalue weighted by atomic mass is 127. The Kier molecular flexibility index (Phi) is 10.9. The molecule has 0 aliphatic heterocycles. The van der Waals surface area contributed by atoms with Crippen LogP contribution in [0.1, 0.15) is 30.5 Å². The minimum atomic E-state index is -3.78. The number of nitrogens with one attached hydrogen (secondary N) is 1. The SMILES string of the molecule is Cc1ccc(CN(C(=O)CN(c2ccc(I)cc2)S(C)(=O)=O)[C@H](Cc2ccccc2)C(=O)NCC(C)C)cc1. The first kappa shape index (κ1) is 30.6. The van der Waals surface area contributed by atoms with E-state index in [1.54, 1.807) is 24.3 Å².